The summed E-state index contributed by atoms with van der Waals surface area (Å²) >= 11 is 0. The van der Waals surface area contributed by atoms with Crippen LogP contribution in [0.1, 0.15) is 18.5 Å². The normalized spacial score (nSPS) is 18.2. The predicted octanol–water partition coefficient (Wildman–Crippen LogP) is 2.94. The van der Waals surface area contributed by atoms with Crippen molar-refractivity contribution in [3.8, 4) is 0 Å². The molecule has 0 radical (unpaired) electrons. The fourth-order valence-electron chi connectivity index (χ4n) is 3.71. The number of nitrogens with one attached hydrogen (secondary N) is 2. The summed E-state index contributed by atoms with van der Waals surface area (Å²) in [4.78, 5) is 22.1. The molecule has 140 valence electrons. The van der Waals surface area contributed by atoms with E-state index in [0.29, 0.717) is 11.9 Å². The first kappa shape index (κ1) is 16.5. The van der Waals surface area contributed by atoms with Crippen LogP contribution in [0.3, 0.4) is 0 Å². The number of aromatic amines is 1. The number of anilines is 3. The number of hydrogen-bond donors (Lipinski definition) is 2. The molecule has 1 aliphatic heterocycles. The summed E-state index contributed by atoms with van der Waals surface area (Å²) in [7, 11) is 0. The van der Waals surface area contributed by atoms with Crippen LogP contribution >= 0.6 is 0 Å². The number of imidazole rings is 1. The van der Waals surface area contributed by atoms with Gasteiger partial charge < -0.3 is 9.88 Å². The highest BCUT2D eigenvalue weighted by Crippen LogP contribution is 2.30. The standard InChI is InChI=1S/C20H25N7/c1-14-12-18(27-10-8-26(9-11-27)13-15-6-7-15)24-19(21-14)25-20-22-16-4-2-3-5-17(16)23-20/h2-5,12,15H,6-11,13H2,1H3,(H2,21,22,23,24,25). The van der Waals surface area contributed by atoms with Gasteiger partial charge in [0.1, 0.15) is 5.82 Å². The summed E-state index contributed by atoms with van der Waals surface area (Å²) in [6, 6.07) is 10.0. The fraction of sp³-hybridized carbons (Fsp3) is 0.450. The quantitative estimate of drug-likeness (QED) is 0.726. The third-order valence-corrected chi connectivity index (χ3v) is 5.37. The Labute approximate surface area is 158 Å². The van der Waals surface area contributed by atoms with Crippen LogP contribution in [-0.2, 0) is 0 Å². The molecule has 2 aliphatic rings. The lowest BCUT2D eigenvalue weighted by atomic mass is 10.2. The summed E-state index contributed by atoms with van der Waals surface area (Å²) in [5.74, 6) is 3.20. The Morgan fingerprint density at radius 2 is 1.89 bits per heavy atom. The first-order valence-electron chi connectivity index (χ1n) is 9.78. The van der Waals surface area contributed by atoms with E-state index < -0.39 is 0 Å². The molecular weight excluding hydrogens is 338 g/mol. The molecule has 0 atom stereocenters. The Morgan fingerprint density at radius 1 is 1.07 bits per heavy atom. The topological polar surface area (TPSA) is 73.0 Å². The van der Waals surface area contributed by atoms with E-state index in [1.807, 2.05) is 31.2 Å². The second kappa shape index (κ2) is 6.81. The molecule has 2 aromatic heterocycles. The van der Waals surface area contributed by atoms with Gasteiger partial charge in [-0.2, -0.15) is 4.98 Å². The molecule has 7 nitrogen and oxygen atoms in total. The van der Waals surface area contributed by atoms with Crippen molar-refractivity contribution < 1.29 is 0 Å². The number of piperazine rings is 1. The molecule has 1 saturated heterocycles. The second-order valence-corrected chi connectivity index (χ2v) is 7.65. The minimum atomic E-state index is 0.587. The van der Waals surface area contributed by atoms with E-state index in [-0.39, 0.29) is 0 Å². The largest absolute Gasteiger partial charge is 0.354 e. The molecule has 2 N–H and O–H groups in total. The zero-order valence-corrected chi connectivity index (χ0v) is 15.6. The van der Waals surface area contributed by atoms with E-state index in [1.165, 1.54) is 19.4 Å². The lowest BCUT2D eigenvalue weighted by molar-refractivity contribution is 0.247. The molecule has 0 spiro atoms. The second-order valence-electron chi connectivity index (χ2n) is 7.65. The first-order valence-corrected chi connectivity index (χ1v) is 9.78. The van der Waals surface area contributed by atoms with Gasteiger partial charge in [-0.3, -0.25) is 10.2 Å². The van der Waals surface area contributed by atoms with Gasteiger partial charge >= 0.3 is 0 Å². The zero-order chi connectivity index (χ0) is 18.2. The van der Waals surface area contributed by atoms with E-state index >= 15 is 0 Å². The van der Waals surface area contributed by atoms with Crippen molar-refractivity contribution in [3.63, 3.8) is 0 Å². The Hall–Kier alpha value is -2.67. The highest BCUT2D eigenvalue weighted by atomic mass is 15.3. The Morgan fingerprint density at radius 3 is 2.67 bits per heavy atom. The molecule has 1 saturated carbocycles. The van der Waals surface area contributed by atoms with Crippen molar-refractivity contribution in [2.45, 2.75) is 19.8 Å². The number of fused-ring (bicyclic) bond motifs is 1. The van der Waals surface area contributed by atoms with E-state index in [9.17, 15) is 0 Å². The summed E-state index contributed by atoms with van der Waals surface area (Å²) < 4.78 is 0. The van der Waals surface area contributed by atoms with Crippen molar-refractivity contribution in [2.75, 3.05) is 42.9 Å². The van der Waals surface area contributed by atoms with Crippen molar-refractivity contribution in [1.29, 1.82) is 0 Å². The SMILES string of the molecule is Cc1cc(N2CCN(CC3CC3)CC2)nc(Nc2nc3ccccc3[nH]2)n1. The maximum Gasteiger partial charge on any atom is 0.231 e. The zero-order valence-electron chi connectivity index (χ0n) is 15.6. The average molecular weight is 363 g/mol. The van der Waals surface area contributed by atoms with Gasteiger partial charge in [-0.05, 0) is 37.8 Å². The Bertz CT molecular complexity index is 905. The molecule has 0 amide bonds. The molecule has 3 heterocycles. The molecular formula is C20H25N7. The maximum atomic E-state index is 4.75. The van der Waals surface area contributed by atoms with Crippen molar-refractivity contribution in [2.24, 2.45) is 5.92 Å². The number of para-hydroxylation sites is 2. The smallest absolute Gasteiger partial charge is 0.231 e. The molecule has 0 bridgehead atoms. The minimum absolute atomic E-state index is 0.587. The van der Waals surface area contributed by atoms with E-state index in [2.05, 4.69) is 36.1 Å². The van der Waals surface area contributed by atoms with Crippen LogP contribution in [0.15, 0.2) is 30.3 Å². The first-order chi connectivity index (χ1) is 13.2. The Balaban J connectivity index is 1.30. The number of benzene rings is 1. The molecule has 1 aliphatic carbocycles. The molecule has 2 fully saturated rings. The summed E-state index contributed by atoms with van der Waals surface area (Å²) in [5, 5.41) is 3.23. The Kier molecular flexibility index (Phi) is 4.16. The van der Waals surface area contributed by atoms with E-state index in [1.54, 1.807) is 0 Å². The van der Waals surface area contributed by atoms with Gasteiger partial charge in [-0.1, -0.05) is 12.1 Å². The van der Waals surface area contributed by atoms with Crippen molar-refractivity contribution in [1.82, 2.24) is 24.8 Å². The van der Waals surface area contributed by atoms with Gasteiger partial charge in [-0.15, -0.1) is 0 Å². The average Bonchev–Trinajstić information content (AvgIpc) is 3.38. The highest BCUT2D eigenvalue weighted by Gasteiger charge is 2.26. The van der Waals surface area contributed by atoms with Crippen LogP contribution in [-0.4, -0.2) is 57.6 Å². The lowest BCUT2D eigenvalue weighted by Crippen LogP contribution is -2.47. The van der Waals surface area contributed by atoms with E-state index in [0.717, 1.165) is 54.6 Å². The predicted molar refractivity (Wildman–Crippen MR) is 108 cm³/mol. The monoisotopic (exact) mass is 363 g/mol. The molecule has 3 aromatic rings. The number of H-pyrrole nitrogens is 1. The third-order valence-electron chi connectivity index (χ3n) is 5.37. The molecule has 5 rings (SSSR count). The lowest BCUT2D eigenvalue weighted by Gasteiger charge is -2.35. The van der Waals surface area contributed by atoms with Gasteiger partial charge in [0, 0.05) is 44.5 Å². The van der Waals surface area contributed by atoms with Gasteiger partial charge in [0.15, 0.2) is 0 Å². The fourth-order valence-corrected chi connectivity index (χ4v) is 3.71. The van der Waals surface area contributed by atoms with Crippen LogP contribution in [0.25, 0.3) is 11.0 Å². The summed E-state index contributed by atoms with van der Waals surface area (Å²) in [5.41, 5.74) is 2.89. The molecule has 27 heavy (non-hydrogen) atoms. The number of hydrogen-bond acceptors (Lipinski definition) is 6. The summed E-state index contributed by atoms with van der Waals surface area (Å²) in [6.45, 7) is 7.56. The van der Waals surface area contributed by atoms with Gasteiger partial charge in [0.2, 0.25) is 11.9 Å². The van der Waals surface area contributed by atoms with Crippen molar-refractivity contribution in [3.05, 3.63) is 36.0 Å². The maximum absolute atomic E-state index is 4.75. The number of aryl methyl sites for hydroxylation is 1. The minimum Gasteiger partial charge on any atom is -0.354 e. The van der Waals surface area contributed by atoms with E-state index in [4.69, 9.17) is 4.98 Å². The number of aromatic nitrogens is 4. The molecule has 1 aromatic carbocycles. The number of rotatable bonds is 5. The van der Waals surface area contributed by atoms with Crippen LogP contribution < -0.4 is 10.2 Å². The third kappa shape index (κ3) is 3.73. The van der Waals surface area contributed by atoms with Gasteiger partial charge in [0.25, 0.3) is 0 Å². The molecule has 0 unspecified atom stereocenters. The number of nitrogens with zero attached hydrogens (tertiary/aromatic N) is 5. The van der Waals surface area contributed by atoms with Crippen LogP contribution in [0, 0.1) is 12.8 Å². The van der Waals surface area contributed by atoms with Gasteiger partial charge in [0.05, 0.1) is 11.0 Å². The molecule has 7 heteroatoms. The van der Waals surface area contributed by atoms with Crippen LogP contribution in [0.5, 0.6) is 0 Å². The summed E-state index contributed by atoms with van der Waals surface area (Å²) in [6.07, 6.45) is 2.84. The van der Waals surface area contributed by atoms with Crippen LogP contribution in [0.4, 0.5) is 17.7 Å². The van der Waals surface area contributed by atoms with Crippen molar-refractivity contribution >= 4 is 28.7 Å². The van der Waals surface area contributed by atoms with Gasteiger partial charge in [-0.25, -0.2) is 9.97 Å². The highest BCUT2D eigenvalue weighted by molar-refractivity contribution is 5.77. The van der Waals surface area contributed by atoms with Crippen LogP contribution in [0.2, 0.25) is 0 Å².